The molecule has 31 heavy (non-hydrogen) atoms. The van der Waals surface area contributed by atoms with Crippen LogP contribution in [0.2, 0.25) is 0 Å². The number of hydrogen-bond donors (Lipinski definition) is 2. The molecule has 7 nitrogen and oxygen atoms in total. The predicted molar refractivity (Wildman–Crippen MR) is 118 cm³/mol. The van der Waals surface area contributed by atoms with Crippen molar-refractivity contribution in [2.75, 3.05) is 18.4 Å². The number of likely N-dealkylation sites (tertiary alicyclic amines) is 2. The molecule has 2 aliphatic rings. The largest absolute Gasteiger partial charge is 0.338 e. The van der Waals surface area contributed by atoms with Crippen molar-refractivity contribution in [2.45, 2.75) is 45.3 Å². The molecule has 2 aromatic carbocycles. The third-order valence-electron chi connectivity index (χ3n) is 5.75. The Labute approximate surface area is 182 Å². The molecule has 0 aliphatic carbocycles. The number of urea groups is 1. The van der Waals surface area contributed by atoms with Crippen LogP contribution in [0.15, 0.2) is 48.5 Å². The summed E-state index contributed by atoms with van der Waals surface area (Å²) >= 11 is 0. The first-order valence-electron chi connectivity index (χ1n) is 10.8. The van der Waals surface area contributed by atoms with Crippen LogP contribution >= 0.6 is 0 Å². The lowest BCUT2D eigenvalue weighted by atomic mass is 10.1. The summed E-state index contributed by atoms with van der Waals surface area (Å²) in [5, 5.41) is 5.71. The van der Waals surface area contributed by atoms with E-state index in [1.165, 1.54) is 0 Å². The summed E-state index contributed by atoms with van der Waals surface area (Å²) < 4.78 is 0. The molecule has 0 spiro atoms. The van der Waals surface area contributed by atoms with E-state index >= 15 is 0 Å². The molecule has 4 rings (SSSR count). The highest BCUT2D eigenvalue weighted by atomic mass is 16.2. The maximum Gasteiger partial charge on any atom is 0.319 e. The normalized spacial score (nSPS) is 16.1. The molecule has 0 atom stereocenters. The van der Waals surface area contributed by atoms with Gasteiger partial charge in [0.25, 0.3) is 0 Å². The van der Waals surface area contributed by atoms with E-state index in [9.17, 15) is 14.4 Å². The van der Waals surface area contributed by atoms with Gasteiger partial charge in [0, 0.05) is 51.3 Å². The molecule has 7 heteroatoms. The number of carbonyl (C=O) groups excluding carboxylic acids is 3. The maximum atomic E-state index is 12.3. The third-order valence-corrected chi connectivity index (χ3v) is 5.75. The Bertz CT molecular complexity index is 958. The molecule has 4 amide bonds. The van der Waals surface area contributed by atoms with Gasteiger partial charge in [-0.1, -0.05) is 36.4 Å². The van der Waals surface area contributed by atoms with Gasteiger partial charge >= 0.3 is 6.03 Å². The molecule has 0 bridgehead atoms. The van der Waals surface area contributed by atoms with E-state index in [0.29, 0.717) is 38.2 Å². The Balaban J connectivity index is 1.25. The first-order chi connectivity index (χ1) is 15.1. The number of hydrogen-bond acceptors (Lipinski definition) is 3. The second kappa shape index (κ2) is 9.64. The van der Waals surface area contributed by atoms with Crippen LogP contribution < -0.4 is 10.6 Å². The minimum Gasteiger partial charge on any atom is -0.338 e. The second-order valence-electron chi connectivity index (χ2n) is 8.16. The molecule has 0 unspecified atom stereocenters. The lowest BCUT2D eigenvalue weighted by molar-refractivity contribution is -0.129. The molecule has 162 valence electrons. The minimum atomic E-state index is -0.275. The van der Waals surface area contributed by atoms with Crippen LogP contribution in [0.5, 0.6) is 0 Å². The fourth-order valence-electron chi connectivity index (χ4n) is 4.07. The Hall–Kier alpha value is -3.35. The third kappa shape index (κ3) is 5.63. The molecule has 2 saturated heterocycles. The Morgan fingerprint density at radius 2 is 1.42 bits per heavy atom. The fraction of sp³-hybridized carbons (Fsp3) is 0.375. The predicted octanol–water partition coefficient (Wildman–Crippen LogP) is 3.25. The standard InChI is InChI=1S/C24H28N4O3/c29-22-6-2-12-27(22)16-18-8-10-21(11-9-18)26-24(31)25-15-19-4-1-5-20(14-19)17-28-13-3-7-23(28)30/h1,4-5,8-11,14H,2-3,6-7,12-13,15-17H2,(H2,25,26,31). The summed E-state index contributed by atoms with van der Waals surface area (Å²) in [6.45, 7) is 3.27. The van der Waals surface area contributed by atoms with Gasteiger partial charge in [-0.3, -0.25) is 9.59 Å². The van der Waals surface area contributed by atoms with Gasteiger partial charge in [-0.15, -0.1) is 0 Å². The topological polar surface area (TPSA) is 81.8 Å². The zero-order valence-corrected chi connectivity index (χ0v) is 17.6. The second-order valence-corrected chi connectivity index (χ2v) is 8.16. The highest BCUT2D eigenvalue weighted by Crippen LogP contribution is 2.17. The van der Waals surface area contributed by atoms with Crippen molar-refractivity contribution >= 4 is 23.5 Å². The number of benzene rings is 2. The SMILES string of the molecule is O=C(NCc1cccc(CN2CCCC2=O)c1)Nc1ccc(CN2CCCC2=O)cc1. The van der Waals surface area contributed by atoms with Crippen molar-refractivity contribution in [1.29, 1.82) is 0 Å². The van der Waals surface area contributed by atoms with Gasteiger partial charge in [0.15, 0.2) is 0 Å². The first kappa shape index (κ1) is 20.9. The van der Waals surface area contributed by atoms with E-state index < -0.39 is 0 Å². The van der Waals surface area contributed by atoms with Gasteiger partial charge in [-0.25, -0.2) is 4.79 Å². The number of nitrogens with zero attached hydrogens (tertiary/aromatic N) is 2. The van der Waals surface area contributed by atoms with Crippen molar-refractivity contribution in [3.8, 4) is 0 Å². The summed E-state index contributed by atoms with van der Waals surface area (Å²) in [5.74, 6) is 0.415. The van der Waals surface area contributed by atoms with Crippen LogP contribution in [0.4, 0.5) is 10.5 Å². The molecule has 0 radical (unpaired) electrons. The van der Waals surface area contributed by atoms with Crippen LogP contribution in [-0.2, 0) is 29.2 Å². The molecule has 2 aromatic rings. The number of carbonyl (C=O) groups is 3. The van der Waals surface area contributed by atoms with Crippen LogP contribution in [0.25, 0.3) is 0 Å². The van der Waals surface area contributed by atoms with Gasteiger partial charge in [0.05, 0.1) is 0 Å². The van der Waals surface area contributed by atoms with Gasteiger partial charge < -0.3 is 20.4 Å². The molecular formula is C24H28N4O3. The number of nitrogens with one attached hydrogen (secondary N) is 2. The number of amides is 4. The van der Waals surface area contributed by atoms with E-state index in [-0.39, 0.29) is 17.8 Å². The summed E-state index contributed by atoms with van der Waals surface area (Å²) in [6, 6.07) is 15.2. The highest BCUT2D eigenvalue weighted by molar-refractivity contribution is 5.89. The summed E-state index contributed by atoms with van der Waals surface area (Å²) in [7, 11) is 0. The van der Waals surface area contributed by atoms with Gasteiger partial charge in [-0.05, 0) is 41.7 Å². The quantitative estimate of drug-likeness (QED) is 0.721. The number of anilines is 1. The minimum absolute atomic E-state index is 0.206. The first-order valence-corrected chi connectivity index (χ1v) is 10.8. The van der Waals surface area contributed by atoms with Crippen molar-refractivity contribution in [3.63, 3.8) is 0 Å². The average molecular weight is 421 g/mol. The van der Waals surface area contributed by atoms with Crippen LogP contribution in [-0.4, -0.2) is 40.7 Å². The average Bonchev–Trinajstić information content (AvgIpc) is 3.36. The maximum absolute atomic E-state index is 12.3. The molecule has 2 fully saturated rings. The summed E-state index contributed by atoms with van der Waals surface area (Å²) in [5.41, 5.74) is 3.82. The van der Waals surface area contributed by atoms with Crippen LogP contribution in [0.3, 0.4) is 0 Å². The Morgan fingerprint density at radius 3 is 2.03 bits per heavy atom. The lowest BCUT2D eigenvalue weighted by Crippen LogP contribution is -2.28. The van der Waals surface area contributed by atoms with Gasteiger partial charge in [0.1, 0.15) is 0 Å². The molecule has 0 aromatic heterocycles. The molecule has 2 aliphatic heterocycles. The Morgan fingerprint density at radius 1 is 0.806 bits per heavy atom. The van der Waals surface area contributed by atoms with Crippen molar-refractivity contribution in [3.05, 3.63) is 65.2 Å². The van der Waals surface area contributed by atoms with Crippen molar-refractivity contribution in [2.24, 2.45) is 0 Å². The smallest absolute Gasteiger partial charge is 0.319 e. The number of rotatable bonds is 7. The molecule has 0 saturated carbocycles. The van der Waals surface area contributed by atoms with E-state index in [0.717, 1.165) is 42.6 Å². The molecule has 2 N–H and O–H groups in total. The van der Waals surface area contributed by atoms with Crippen molar-refractivity contribution < 1.29 is 14.4 Å². The van der Waals surface area contributed by atoms with E-state index in [2.05, 4.69) is 10.6 Å². The molecular weight excluding hydrogens is 392 g/mol. The van der Waals surface area contributed by atoms with Gasteiger partial charge in [0.2, 0.25) is 11.8 Å². The molecule has 2 heterocycles. The highest BCUT2D eigenvalue weighted by Gasteiger charge is 2.20. The fourth-order valence-corrected chi connectivity index (χ4v) is 4.07. The van der Waals surface area contributed by atoms with E-state index in [4.69, 9.17) is 0 Å². The zero-order chi connectivity index (χ0) is 21.6. The van der Waals surface area contributed by atoms with Crippen LogP contribution in [0.1, 0.15) is 42.4 Å². The summed E-state index contributed by atoms with van der Waals surface area (Å²) in [6.07, 6.45) is 3.13. The van der Waals surface area contributed by atoms with Crippen LogP contribution in [0, 0.1) is 0 Å². The summed E-state index contributed by atoms with van der Waals surface area (Å²) in [4.78, 5) is 39.6. The Kier molecular flexibility index (Phi) is 6.50. The monoisotopic (exact) mass is 420 g/mol. The van der Waals surface area contributed by atoms with E-state index in [1.807, 2.05) is 58.3 Å². The van der Waals surface area contributed by atoms with Crippen molar-refractivity contribution in [1.82, 2.24) is 15.1 Å². The zero-order valence-electron chi connectivity index (χ0n) is 17.6. The van der Waals surface area contributed by atoms with E-state index in [1.54, 1.807) is 0 Å². The lowest BCUT2D eigenvalue weighted by Gasteiger charge is -2.16. The van der Waals surface area contributed by atoms with Gasteiger partial charge in [-0.2, -0.15) is 0 Å².